The zero-order valence-corrected chi connectivity index (χ0v) is 19.7. The first-order valence-corrected chi connectivity index (χ1v) is 11.8. The zero-order chi connectivity index (χ0) is 23.3. The first-order valence-electron chi connectivity index (χ1n) is 11.8. The highest BCUT2D eigenvalue weighted by Gasteiger charge is 2.32. The Bertz CT molecular complexity index is 816. The maximum Gasteiger partial charge on any atom is 0.514 e. The molecular formula is C27H36O5. The van der Waals surface area contributed by atoms with Crippen LogP contribution in [-0.4, -0.2) is 24.3 Å². The number of aryl methyl sites for hydroxylation is 1. The molecule has 2 aromatic rings. The summed E-state index contributed by atoms with van der Waals surface area (Å²) in [5.74, 6) is -0.0404. The van der Waals surface area contributed by atoms with E-state index < -0.39 is 12.3 Å². The lowest BCUT2D eigenvalue weighted by Gasteiger charge is -2.31. The number of carbonyl (C=O) groups is 2. The Labute approximate surface area is 192 Å². The molecule has 0 heterocycles. The summed E-state index contributed by atoms with van der Waals surface area (Å²) in [7, 11) is 0. The van der Waals surface area contributed by atoms with Gasteiger partial charge in [-0.3, -0.25) is 0 Å². The first-order chi connectivity index (χ1) is 15.5. The minimum absolute atomic E-state index is 0.124. The van der Waals surface area contributed by atoms with Crippen molar-refractivity contribution in [1.82, 2.24) is 0 Å². The van der Waals surface area contributed by atoms with E-state index in [1.807, 2.05) is 51.1 Å². The molecule has 3 unspecified atom stereocenters. The molecule has 2 aromatic carbocycles. The Morgan fingerprint density at radius 2 is 1.41 bits per heavy atom. The average Bonchev–Trinajstić information content (AvgIpc) is 2.82. The number of hydrogen-bond acceptors (Lipinski definition) is 5. The maximum absolute atomic E-state index is 12.8. The van der Waals surface area contributed by atoms with Crippen LogP contribution in [0.25, 0.3) is 0 Å². The summed E-state index contributed by atoms with van der Waals surface area (Å²) in [5.41, 5.74) is 1.76. The summed E-state index contributed by atoms with van der Waals surface area (Å²) in [5, 5.41) is 0. The molecule has 0 aromatic heterocycles. The molecule has 0 radical (unpaired) electrons. The van der Waals surface area contributed by atoms with Crippen molar-refractivity contribution in [3.8, 4) is 5.75 Å². The molecule has 0 saturated heterocycles. The van der Waals surface area contributed by atoms with E-state index >= 15 is 0 Å². The predicted molar refractivity (Wildman–Crippen MR) is 126 cm³/mol. The van der Waals surface area contributed by atoms with Crippen LogP contribution in [0.5, 0.6) is 5.75 Å². The molecule has 3 atom stereocenters. The highest BCUT2D eigenvalue weighted by Crippen LogP contribution is 2.26. The van der Waals surface area contributed by atoms with Crippen molar-refractivity contribution >= 4 is 12.1 Å². The maximum atomic E-state index is 12.8. The Kier molecular flexibility index (Phi) is 10.8. The van der Waals surface area contributed by atoms with E-state index in [2.05, 4.69) is 6.92 Å². The minimum Gasteiger partial charge on any atom is -0.458 e. The molecule has 0 amide bonds. The molecule has 5 nitrogen and oxygen atoms in total. The largest absolute Gasteiger partial charge is 0.514 e. The van der Waals surface area contributed by atoms with Crippen LogP contribution in [0.2, 0.25) is 0 Å². The highest BCUT2D eigenvalue weighted by molar-refractivity contribution is 5.89. The summed E-state index contributed by atoms with van der Waals surface area (Å²) in [6.45, 7) is 8.10. The normalized spacial score (nSPS) is 13.6. The van der Waals surface area contributed by atoms with Crippen LogP contribution in [0, 0.1) is 5.92 Å². The third kappa shape index (κ3) is 7.70. The number of unbranched alkanes of at least 4 members (excludes halogenated alkanes) is 1. The molecule has 0 aliphatic rings. The Morgan fingerprint density at radius 1 is 0.781 bits per heavy atom. The summed E-state index contributed by atoms with van der Waals surface area (Å²) < 4.78 is 16.8. The number of esters is 1. The van der Waals surface area contributed by atoms with Crippen molar-refractivity contribution in [3.05, 3.63) is 65.7 Å². The fourth-order valence-electron chi connectivity index (χ4n) is 3.84. The second-order valence-electron chi connectivity index (χ2n) is 7.95. The lowest BCUT2D eigenvalue weighted by atomic mass is 9.89. The van der Waals surface area contributed by atoms with Crippen LogP contribution in [-0.2, 0) is 15.9 Å². The quantitative estimate of drug-likeness (QED) is 0.263. The number of benzene rings is 2. The third-order valence-electron chi connectivity index (χ3n) is 5.69. The Morgan fingerprint density at radius 3 is 1.97 bits per heavy atom. The molecule has 0 aliphatic heterocycles. The summed E-state index contributed by atoms with van der Waals surface area (Å²) >= 11 is 0. The second-order valence-corrected chi connectivity index (χ2v) is 7.95. The highest BCUT2D eigenvalue weighted by atomic mass is 16.7. The number of carbonyl (C=O) groups excluding carboxylic acids is 2. The van der Waals surface area contributed by atoms with E-state index in [0.29, 0.717) is 30.6 Å². The molecule has 0 bridgehead atoms. The molecule has 0 saturated carbocycles. The van der Waals surface area contributed by atoms with E-state index in [1.165, 1.54) is 5.56 Å². The van der Waals surface area contributed by atoms with Gasteiger partial charge in [-0.1, -0.05) is 64.4 Å². The van der Waals surface area contributed by atoms with Crippen molar-refractivity contribution in [1.29, 1.82) is 0 Å². The first kappa shape index (κ1) is 25.4. The molecule has 2 rings (SSSR count). The second kappa shape index (κ2) is 13.6. The zero-order valence-electron chi connectivity index (χ0n) is 19.7. The lowest BCUT2D eigenvalue weighted by molar-refractivity contribution is -0.0360. The minimum atomic E-state index is -0.745. The fourth-order valence-corrected chi connectivity index (χ4v) is 3.84. The van der Waals surface area contributed by atoms with Gasteiger partial charge in [0.25, 0.3) is 0 Å². The summed E-state index contributed by atoms with van der Waals surface area (Å²) in [4.78, 5) is 25.1. The van der Waals surface area contributed by atoms with Crippen LogP contribution in [0.1, 0.15) is 75.7 Å². The molecule has 0 N–H and O–H groups in total. The Balaban J connectivity index is 2.01. The van der Waals surface area contributed by atoms with E-state index in [4.69, 9.17) is 14.2 Å². The van der Waals surface area contributed by atoms with Gasteiger partial charge in [0.15, 0.2) is 0 Å². The third-order valence-corrected chi connectivity index (χ3v) is 5.69. The smallest absolute Gasteiger partial charge is 0.458 e. The van der Waals surface area contributed by atoms with E-state index in [9.17, 15) is 9.59 Å². The van der Waals surface area contributed by atoms with E-state index in [-0.39, 0.29) is 18.0 Å². The van der Waals surface area contributed by atoms with E-state index in [0.717, 1.165) is 19.3 Å². The van der Waals surface area contributed by atoms with Crippen LogP contribution in [0.15, 0.2) is 54.6 Å². The van der Waals surface area contributed by atoms with Crippen LogP contribution in [0.3, 0.4) is 0 Å². The van der Waals surface area contributed by atoms with Crippen molar-refractivity contribution in [3.63, 3.8) is 0 Å². The van der Waals surface area contributed by atoms with Gasteiger partial charge < -0.3 is 14.2 Å². The molecule has 5 heteroatoms. The van der Waals surface area contributed by atoms with Gasteiger partial charge in [0.05, 0.1) is 5.56 Å². The SMILES string of the molecule is CCCCc1ccc(C(=O)OC(CC)C(CC)C(CC)OC(=O)Oc2ccccc2)cc1. The van der Waals surface area contributed by atoms with Crippen LogP contribution < -0.4 is 4.74 Å². The van der Waals surface area contributed by atoms with Gasteiger partial charge in [0.1, 0.15) is 18.0 Å². The van der Waals surface area contributed by atoms with Gasteiger partial charge in [0.2, 0.25) is 0 Å². The van der Waals surface area contributed by atoms with Gasteiger partial charge >= 0.3 is 12.1 Å². The fraction of sp³-hybridized carbons (Fsp3) is 0.481. The topological polar surface area (TPSA) is 61.8 Å². The standard InChI is InChI=1S/C27H36O5/c1-5-9-13-20-16-18-21(19-17-20)26(28)31-24(7-3)23(6-2)25(8-4)32-27(29)30-22-14-11-10-12-15-22/h10-12,14-19,23-25H,5-9,13H2,1-4H3. The number of para-hydroxylation sites is 1. The van der Waals surface area contributed by atoms with Crippen LogP contribution >= 0.6 is 0 Å². The Hall–Kier alpha value is -2.82. The van der Waals surface area contributed by atoms with Crippen molar-refractivity contribution in [2.24, 2.45) is 5.92 Å². The van der Waals surface area contributed by atoms with Crippen LogP contribution in [0.4, 0.5) is 4.79 Å². The van der Waals surface area contributed by atoms with Gasteiger partial charge in [0, 0.05) is 5.92 Å². The van der Waals surface area contributed by atoms with Gasteiger partial charge in [-0.05, 0) is 61.9 Å². The van der Waals surface area contributed by atoms with E-state index in [1.54, 1.807) is 24.3 Å². The molecular weight excluding hydrogens is 404 g/mol. The van der Waals surface area contributed by atoms with Crippen molar-refractivity contribution in [2.45, 2.75) is 78.4 Å². The molecule has 0 aliphatic carbocycles. The molecule has 0 spiro atoms. The van der Waals surface area contributed by atoms with Gasteiger partial charge in [-0.2, -0.15) is 0 Å². The van der Waals surface area contributed by atoms with Gasteiger partial charge in [-0.15, -0.1) is 0 Å². The molecule has 174 valence electrons. The average molecular weight is 441 g/mol. The van der Waals surface area contributed by atoms with Crippen molar-refractivity contribution in [2.75, 3.05) is 0 Å². The van der Waals surface area contributed by atoms with Crippen molar-refractivity contribution < 1.29 is 23.8 Å². The summed E-state index contributed by atoms with van der Waals surface area (Å²) in [6.07, 6.45) is 3.70. The number of hydrogen-bond donors (Lipinski definition) is 0. The number of ether oxygens (including phenoxy) is 3. The monoisotopic (exact) mass is 440 g/mol. The predicted octanol–water partition coefficient (Wildman–Crippen LogP) is 6.99. The van der Waals surface area contributed by atoms with Gasteiger partial charge in [-0.25, -0.2) is 9.59 Å². The molecule has 0 fully saturated rings. The lowest BCUT2D eigenvalue weighted by Crippen LogP contribution is -2.37. The molecule has 32 heavy (non-hydrogen) atoms. The summed E-state index contributed by atoms with van der Waals surface area (Å²) in [6, 6.07) is 16.4. The number of rotatable bonds is 12.